The van der Waals surface area contributed by atoms with Crippen LogP contribution in [0.1, 0.15) is 12.8 Å². The van der Waals surface area contributed by atoms with E-state index < -0.39 is 10.0 Å². The van der Waals surface area contributed by atoms with E-state index in [2.05, 4.69) is 4.72 Å². The van der Waals surface area contributed by atoms with Crippen molar-refractivity contribution in [2.45, 2.75) is 12.8 Å². The van der Waals surface area contributed by atoms with Gasteiger partial charge in [-0.3, -0.25) is 0 Å². The van der Waals surface area contributed by atoms with Gasteiger partial charge in [0.25, 0.3) is 0 Å². The van der Waals surface area contributed by atoms with E-state index in [9.17, 15) is 8.42 Å². The monoisotopic (exact) mass is 314 g/mol. The number of nitrogen functional groups attached to an aromatic ring is 1. The Hall–Kier alpha value is -1.31. The van der Waals surface area contributed by atoms with Crippen LogP contribution in [-0.2, 0) is 14.8 Å². The van der Waals surface area contributed by atoms with Gasteiger partial charge in [0.2, 0.25) is 10.0 Å². The third-order valence-corrected chi connectivity index (χ3v) is 4.66. The molecule has 2 rings (SSSR count). The summed E-state index contributed by atoms with van der Waals surface area (Å²) in [6, 6.07) is 6.86. The average molecular weight is 314 g/mol. The van der Waals surface area contributed by atoms with Gasteiger partial charge < -0.3 is 15.2 Å². The van der Waals surface area contributed by atoms with Gasteiger partial charge in [-0.25, -0.2) is 13.1 Å². The molecule has 0 aliphatic carbocycles. The molecule has 118 valence electrons. The minimum atomic E-state index is -3.31. The van der Waals surface area contributed by atoms with Crippen LogP contribution in [-0.4, -0.2) is 40.5 Å². The lowest BCUT2D eigenvalue weighted by Gasteiger charge is -2.22. The first-order valence-electron chi connectivity index (χ1n) is 7.08. The first-order valence-corrected chi connectivity index (χ1v) is 8.74. The highest BCUT2D eigenvalue weighted by Gasteiger charge is 2.17. The molecule has 1 fully saturated rings. The van der Waals surface area contributed by atoms with E-state index in [1.165, 1.54) is 0 Å². The lowest BCUT2D eigenvalue weighted by molar-refractivity contribution is 0.0568. The molecule has 1 aromatic rings. The van der Waals surface area contributed by atoms with Crippen molar-refractivity contribution in [3.8, 4) is 5.75 Å². The van der Waals surface area contributed by atoms with E-state index in [0.29, 0.717) is 24.6 Å². The number of ether oxygens (including phenoxy) is 2. The van der Waals surface area contributed by atoms with E-state index in [4.69, 9.17) is 15.2 Å². The zero-order valence-electron chi connectivity index (χ0n) is 12.0. The zero-order chi connectivity index (χ0) is 15.1. The van der Waals surface area contributed by atoms with Crippen molar-refractivity contribution in [2.75, 3.05) is 37.9 Å². The highest BCUT2D eigenvalue weighted by Crippen LogP contribution is 2.14. The number of rotatable bonds is 7. The quantitative estimate of drug-likeness (QED) is 0.733. The third-order valence-electron chi connectivity index (χ3n) is 3.35. The minimum absolute atomic E-state index is 0.0645. The van der Waals surface area contributed by atoms with Crippen molar-refractivity contribution < 1.29 is 17.9 Å². The summed E-state index contributed by atoms with van der Waals surface area (Å²) in [4.78, 5) is 0. The van der Waals surface area contributed by atoms with E-state index in [1.807, 2.05) is 0 Å². The van der Waals surface area contributed by atoms with Crippen molar-refractivity contribution in [3.05, 3.63) is 24.3 Å². The molecule has 0 aromatic heterocycles. The molecule has 1 aliphatic rings. The molecule has 0 saturated carbocycles. The van der Waals surface area contributed by atoms with Crippen LogP contribution in [0.15, 0.2) is 24.3 Å². The lowest BCUT2D eigenvalue weighted by atomic mass is 10.0. The van der Waals surface area contributed by atoms with Gasteiger partial charge >= 0.3 is 0 Å². The fraction of sp³-hybridized carbons (Fsp3) is 0.571. The number of nitrogens with one attached hydrogen (secondary N) is 1. The molecule has 1 heterocycles. The minimum Gasteiger partial charge on any atom is -0.492 e. The average Bonchev–Trinajstić information content (AvgIpc) is 2.48. The number of hydrogen-bond donors (Lipinski definition) is 2. The molecule has 1 aromatic carbocycles. The smallest absolute Gasteiger partial charge is 0.214 e. The summed E-state index contributed by atoms with van der Waals surface area (Å²) >= 11 is 0. The number of nitrogens with two attached hydrogens (primary N) is 1. The number of sulfonamides is 1. The van der Waals surface area contributed by atoms with Gasteiger partial charge in [0, 0.05) is 18.8 Å². The normalized spacial score (nSPS) is 19.3. The number of anilines is 1. The third kappa shape index (κ3) is 5.91. The maximum absolute atomic E-state index is 11.9. The van der Waals surface area contributed by atoms with Crippen LogP contribution >= 0.6 is 0 Å². The van der Waals surface area contributed by atoms with E-state index in [1.54, 1.807) is 24.3 Å². The fourth-order valence-electron chi connectivity index (χ4n) is 2.12. The summed E-state index contributed by atoms with van der Waals surface area (Å²) in [7, 11) is -3.31. The van der Waals surface area contributed by atoms with Crippen LogP contribution in [0.3, 0.4) is 0 Å². The zero-order valence-corrected chi connectivity index (χ0v) is 12.8. The van der Waals surface area contributed by atoms with E-state index in [0.717, 1.165) is 19.4 Å². The Morgan fingerprint density at radius 1 is 1.33 bits per heavy atom. The molecule has 0 amide bonds. The fourth-order valence-corrected chi connectivity index (χ4v) is 3.06. The van der Waals surface area contributed by atoms with Gasteiger partial charge in [0.05, 0.1) is 12.4 Å². The Labute approximate surface area is 125 Å². The summed E-state index contributed by atoms with van der Waals surface area (Å²) in [5.41, 5.74) is 6.21. The van der Waals surface area contributed by atoms with Crippen molar-refractivity contribution in [1.82, 2.24) is 4.72 Å². The van der Waals surface area contributed by atoms with Gasteiger partial charge in [-0.1, -0.05) is 0 Å². The largest absolute Gasteiger partial charge is 0.492 e. The molecule has 1 atom stereocenters. The van der Waals surface area contributed by atoms with Crippen molar-refractivity contribution >= 4 is 15.7 Å². The van der Waals surface area contributed by atoms with Crippen LogP contribution in [0.4, 0.5) is 5.69 Å². The molecule has 21 heavy (non-hydrogen) atoms. The predicted molar refractivity (Wildman–Crippen MR) is 81.7 cm³/mol. The van der Waals surface area contributed by atoms with E-state index in [-0.39, 0.29) is 18.3 Å². The Morgan fingerprint density at radius 3 is 2.76 bits per heavy atom. The second-order valence-corrected chi connectivity index (χ2v) is 7.09. The first-order chi connectivity index (χ1) is 10.1. The van der Waals surface area contributed by atoms with Crippen LogP contribution in [0.2, 0.25) is 0 Å². The highest BCUT2D eigenvalue weighted by atomic mass is 32.2. The standard InChI is InChI=1S/C14H22N2O4S/c15-13-3-5-14(6-4-13)20-8-9-21(17,18)16-10-12-2-1-7-19-11-12/h3-6,12,16H,1-2,7-11,15H2. The van der Waals surface area contributed by atoms with Crippen LogP contribution in [0, 0.1) is 5.92 Å². The van der Waals surface area contributed by atoms with Gasteiger partial charge in [-0.2, -0.15) is 0 Å². The second kappa shape index (κ2) is 7.63. The molecular weight excluding hydrogens is 292 g/mol. The summed E-state index contributed by atoms with van der Waals surface area (Å²) < 4.78 is 37.1. The van der Waals surface area contributed by atoms with Crippen LogP contribution in [0.5, 0.6) is 5.75 Å². The van der Waals surface area contributed by atoms with E-state index >= 15 is 0 Å². The molecule has 0 radical (unpaired) electrons. The Balaban J connectivity index is 1.69. The second-order valence-electron chi connectivity index (χ2n) is 5.17. The van der Waals surface area contributed by atoms with Crippen LogP contribution in [0.25, 0.3) is 0 Å². The number of benzene rings is 1. The summed E-state index contributed by atoms with van der Waals surface area (Å²) in [5.74, 6) is 0.817. The Bertz CT molecular complexity index is 524. The first kappa shape index (κ1) is 16.1. The van der Waals surface area contributed by atoms with Gasteiger partial charge in [-0.15, -0.1) is 0 Å². The van der Waals surface area contributed by atoms with Gasteiger partial charge in [0.15, 0.2) is 0 Å². The number of hydrogen-bond acceptors (Lipinski definition) is 5. The topological polar surface area (TPSA) is 90.7 Å². The Kier molecular flexibility index (Phi) is 5.84. The summed E-state index contributed by atoms with van der Waals surface area (Å²) in [5, 5.41) is 0. The Morgan fingerprint density at radius 2 is 2.10 bits per heavy atom. The van der Waals surface area contributed by atoms with Crippen molar-refractivity contribution in [1.29, 1.82) is 0 Å². The maximum atomic E-state index is 11.9. The molecule has 1 saturated heterocycles. The van der Waals surface area contributed by atoms with Crippen molar-refractivity contribution in [2.24, 2.45) is 5.92 Å². The summed E-state index contributed by atoms with van der Waals surface area (Å²) in [6.07, 6.45) is 2.00. The SMILES string of the molecule is Nc1ccc(OCCS(=O)(=O)NCC2CCCOC2)cc1. The molecule has 1 aliphatic heterocycles. The lowest BCUT2D eigenvalue weighted by Crippen LogP contribution is -2.35. The van der Waals surface area contributed by atoms with Gasteiger partial charge in [0.1, 0.15) is 12.4 Å². The molecule has 3 N–H and O–H groups in total. The molecule has 7 heteroatoms. The van der Waals surface area contributed by atoms with Crippen molar-refractivity contribution in [3.63, 3.8) is 0 Å². The molecular formula is C14H22N2O4S. The van der Waals surface area contributed by atoms with Crippen LogP contribution < -0.4 is 15.2 Å². The molecule has 6 nitrogen and oxygen atoms in total. The van der Waals surface area contributed by atoms with Gasteiger partial charge in [-0.05, 0) is 43.0 Å². The predicted octanol–water partition coefficient (Wildman–Crippen LogP) is 0.994. The molecule has 0 spiro atoms. The summed E-state index contributed by atoms with van der Waals surface area (Å²) in [6.45, 7) is 1.95. The molecule has 0 bridgehead atoms. The molecule has 1 unspecified atom stereocenters. The highest BCUT2D eigenvalue weighted by molar-refractivity contribution is 7.89. The maximum Gasteiger partial charge on any atom is 0.214 e.